The number of carbonyl (C=O) groups is 2. The Hall–Kier alpha value is -3.80. The van der Waals surface area contributed by atoms with Crippen LogP contribution in [0.3, 0.4) is 0 Å². The van der Waals surface area contributed by atoms with Crippen LogP contribution in [0.25, 0.3) is 6.08 Å². The molecular weight excluding hydrogens is 356 g/mol. The van der Waals surface area contributed by atoms with Crippen molar-refractivity contribution >= 4 is 29.3 Å². The number of anilines is 2. The van der Waals surface area contributed by atoms with Crippen molar-refractivity contribution in [1.29, 1.82) is 0 Å². The fraction of sp³-hybridized carbons (Fsp3) is 0.0909. The fourth-order valence-electron chi connectivity index (χ4n) is 2.53. The molecule has 0 fully saturated rings. The third-order valence-corrected chi connectivity index (χ3v) is 3.93. The van der Waals surface area contributed by atoms with Gasteiger partial charge in [-0.3, -0.25) is 9.59 Å². The highest BCUT2D eigenvalue weighted by Gasteiger charge is 2.09. The van der Waals surface area contributed by atoms with E-state index in [2.05, 4.69) is 10.6 Å². The SMILES string of the molecule is COc1ccccc1NC(=O)c1ccc(NC(=O)/C=C/c2ccc(C)o2)cc1. The fourth-order valence-corrected chi connectivity index (χ4v) is 2.53. The average molecular weight is 376 g/mol. The van der Waals surface area contributed by atoms with Gasteiger partial charge in [0.2, 0.25) is 5.91 Å². The van der Waals surface area contributed by atoms with Crippen LogP contribution in [0.5, 0.6) is 5.75 Å². The largest absolute Gasteiger partial charge is 0.495 e. The second-order valence-electron chi connectivity index (χ2n) is 6.00. The summed E-state index contributed by atoms with van der Waals surface area (Å²) in [5, 5.41) is 5.54. The second kappa shape index (κ2) is 8.73. The molecule has 0 atom stereocenters. The molecule has 6 nitrogen and oxygen atoms in total. The Kier molecular flexibility index (Phi) is 5.91. The summed E-state index contributed by atoms with van der Waals surface area (Å²) >= 11 is 0. The summed E-state index contributed by atoms with van der Waals surface area (Å²) in [6.45, 7) is 1.84. The number of hydrogen-bond donors (Lipinski definition) is 2. The van der Waals surface area contributed by atoms with Gasteiger partial charge in [0.1, 0.15) is 17.3 Å². The molecule has 0 aliphatic carbocycles. The molecule has 2 N–H and O–H groups in total. The molecule has 2 aromatic carbocycles. The molecule has 1 aromatic heterocycles. The van der Waals surface area contributed by atoms with Crippen molar-refractivity contribution in [3.05, 3.63) is 83.8 Å². The third-order valence-electron chi connectivity index (χ3n) is 3.93. The maximum atomic E-state index is 12.4. The number of benzene rings is 2. The van der Waals surface area contributed by atoms with Gasteiger partial charge in [-0.1, -0.05) is 12.1 Å². The number of nitrogens with one attached hydrogen (secondary N) is 2. The van der Waals surface area contributed by atoms with Crippen molar-refractivity contribution in [2.75, 3.05) is 17.7 Å². The molecule has 0 saturated heterocycles. The Morgan fingerprint density at radius 1 is 0.964 bits per heavy atom. The van der Waals surface area contributed by atoms with Crippen molar-refractivity contribution in [2.45, 2.75) is 6.92 Å². The van der Waals surface area contributed by atoms with Gasteiger partial charge in [-0.2, -0.15) is 0 Å². The van der Waals surface area contributed by atoms with Crippen LogP contribution in [0.4, 0.5) is 11.4 Å². The lowest BCUT2D eigenvalue weighted by atomic mass is 10.2. The Labute approximate surface area is 162 Å². The molecule has 0 aliphatic heterocycles. The first-order chi connectivity index (χ1) is 13.5. The third kappa shape index (κ3) is 4.88. The van der Waals surface area contributed by atoms with Crippen LogP contribution in [-0.2, 0) is 4.79 Å². The van der Waals surface area contributed by atoms with E-state index in [1.165, 1.54) is 6.08 Å². The quantitative estimate of drug-likeness (QED) is 0.621. The number of methoxy groups -OCH3 is 1. The van der Waals surface area contributed by atoms with E-state index in [1.807, 2.05) is 25.1 Å². The van der Waals surface area contributed by atoms with Crippen molar-refractivity contribution in [2.24, 2.45) is 0 Å². The number of para-hydroxylation sites is 2. The summed E-state index contributed by atoms with van der Waals surface area (Å²) in [4.78, 5) is 24.4. The minimum Gasteiger partial charge on any atom is -0.495 e. The van der Waals surface area contributed by atoms with Gasteiger partial charge in [-0.25, -0.2) is 0 Å². The first-order valence-electron chi connectivity index (χ1n) is 8.65. The monoisotopic (exact) mass is 376 g/mol. The van der Waals surface area contributed by atoms with E-state index in [1.54, 1.807) is 55.7 Å². The molecule has 0 bridgehead atoms. The van der Waals surface area contributed by atoms with Gasteiger partial charge in [0.05, 0.1) is 12.8 Å². The highest BCUT2D eigenvalue weighted by atomic mass is 16.5. The number of ether oxygens (including phenoxy) is 1. The molecule has 0 spiro atoms. The average Bonchev–Trinajstić information content (AvgIpc) is 3.12. The Morgan fingerprint density at radius 3 is 2.39 bits per heavy atom. The summed E-state index contributed by atoms with van der Waals surface area (Å²) < 4.78 is 10.6. The van der Waals surface area contributed by atoms with Crippen LogP contribution in [0.2, 0.25) is 0 Å². The first kappa shape index (κ1) is 19.0. The van der Waals surface area contributed by atoms with Gasteiger partial charge < -0.3 is 19.8 Å². The summed E-state index contributed by atoms with van der Waals surface area (Å²) in [6, 6.07) is 17.4. The number of carbonyl (C=O) groups excluding carboxylic acids is 2. The Bertz CT molecular complexity index is 1000. The molecule has 28 heavy (non-hydrogen) atoms. The molecule has 6 heteroatoms. The first-order valence-corrected chi connectivity index (χ1v) is 8.65. The van der Waals surface area contributed by atoms with Crippen molar-refractivity contribution < 1.29 is 18.7 Å². The van der Waals surface area contributed by atoms with Crippen molar-refractivity contribution in [3.63, 3.8) is 0 Å². The van der Waals surface area contributed by atoms with Gasteiger partial charge >= 0.3 is 0 Å². The Morgan fingerprint density at radius 2 is 1.71 bits per heavy atom. The van der Waals surface area contributed by atoms with Gasteiger partial charge in [0, 0.05) is 17.3 Å². The normalized spacial score (nSPS) is 10.6. The summed E-state index contributed by atoms with van der Waals surface area (Å²) in [5.74, 6) is 1.41. The predicted octanol–water partition coefficient (Wildman–Crippen LogP) is 4.50. The van der Waals surface area contributed by atoms with E-state index in [-0.39, 0.29) is 11.8 Å². The van der Waals surface area contributed by atoms with E-state index >= 15 is 0 Å². The van der Waals surface area contributed by atoms with Crippen molar-refractivity contribution in [3.8, 4) is 5.75 Å². The summed E-state index contributed by atoms with van der Waals surface area (Å²) in [6.07, 6.45) is 2.98. The summed E-state index contributed by atoms with van der Waals surface area (Å²) in [5.41, 5.74) is 1.63. The smallest absolute Gasteiger partial charge is 0.255 e. The molecular formula is C22H20N2O4. The standard InChI is InChI=1S/C22H20N2O4/c1-15-7-12-18(28-15)13-14-21(25)23-17-10-8-16(9-11-17)22(26)24-19-5-3-4-6-20(19)27-2/h3-14H,1-2H3,(H,23,25)(H,24,26)/b14-13+. The van der Waals surface area contributed by atoms with Crippen LogP contribution in [0.15, 0.2) is 71.2 Å². The minimum atomic E-state index is -0.291. The lowest BCUT2D eigenvalue weighted by Gasteiger charge is -2.10. The van der Waals surface area contributed by atoms with E-state index in [4.69, 9.17) is 9.15 Å². The highest BCUT2D eigenvalue weighted by Crippen LogP contribution is 2.23. The van der Waals surface area contributed by atoms with Crippen molar-refractivity contribution in [1.82, 2.24) is 0 Å². The van der Waals surface area contributed by atoms with E-state index < -0.39 is 0 Å². The van der Waals surface area contributed by atoms with Gasteiger partial charge in [-0.15, -0.1) is 0 Å². The number of rotatable bonds is 6. The molecule has 0 aliphatic rings. The molecule has 3 aromatic rings. The van der Waals surface area contributed by atoms with E-state index in [0.717, 1.165) is 5.76 Å². The maximum absolute atomic E-state index is 12.4. The van der Waals surface area contributed by atoms with E-state index in [0.29, 0.717) is 28.4 Å². The molecule has 2 amide bonds. The molecule has 0 unspecified atom stereocenters. The molecule has 0 saturated carbocycles. The number of furan rings is 1. The van der Waals surface area contributed by atoms with Crippen LogP contribution in [0, 0.1) is 6.92 Å². The topological polar surface area (TPSA) is 80.6 Å². The predicted molar refractivity (Wildman–Crippen MR) is 108 cm³/mol. The number of hydrogen-bond acceptors (Lipinski definition) is 4. The zero-order valence-corrected chi connectivity index (χ0v) is 15.6. The zero-order valence-electron chi connectivity index (χ0n) is 15.6. The zero-order chi connectivity index (χ0) is 19.9. The van der Waals surface area contributed by atoms with Crippen LogP contribution in [0.1, 0.15) is 21.9 Å². The lowest BCUT2D eigenvalue weighted by molar-refractivity contribution is -0.111. The molecule has 0 radical (unpaired) electrons. The van der Waals surface area contributed by atoms with Crippen LogP contribution in [-0.4, -0.2) is 18.9 Å². The second-order valence-corrected chi connectivity index (χ2v) is 6.00. The molecule has 1 heterocycles. The maximum Gasteiger partial charge on any atom is 0.255 e. The number of aryl methyl sites for hydroxylation is 1. The Balaban J connectivity index is 1.60. The van der Waals surface area contributed by atoms with E-state index in [9.17, 15) is 9.59 Å². The summed E-state index contributed by atoms with van der Waals surface area (Å²) in [7, 11) is 1.55. The van der Waals surface area contributed by atoms with Crippen LogP contribution < -0.4 is 15.4 Å². The van der Waals surface area contributed by atoms with Gasteiger partial charge in [-0.05, 0) is 61.5 Å². The lowest BCUT2D eigenvalue weighted by Crippen LogP contribution is -2.13. The minimum absolute atomic E-state index is 0.268. The van der Waals surface area contributed by atoms with Gasteiger partial charge in [0.15, 0.2) is 0 Å². The molecule has 3 rings (SSSR count). The highest BCUT2D eigenvalue weighted by molar-refractivity contribution is 6.06. The number of amides is 2. The van der Waals surface area contributed by atoms with Crippen LogP contribution >= 0.6 is 0 Å². The molecule has 142 valence electrons. The van der Waals surface area contributed by atoms with Gasteiger partial charge in [0.25, 0.3) is 5.91 Å².